The molecule has 0 aromatic rings. The molecule has 3 aliphatic rings. The van der Waals surface area contributed by atoms with Gasteiger partial charge in [-0.3, -0.25) is 0 Å². The number of aliphatic hydroxyl groups is 2. The SMILES string of the molecule is CC1OC(O[C@H]2C(C(=O)[O-])OC(O[C@H]3C(C)OC(O)C(C)[C@H]3C)C(C)[C@H]2O)C(C)[C@@H](C)C1C.[Na+]. The van der Waals surface area contributed by atoms with E-state index in [2.05, 4.69) is 13.8 Å². The number of aliphatic carboxylic acids is 1. The van der Waals surface area contributed by atoms with Crippen molar-refractivity contribution in [1.29, 1.82) is 0 Å². The number of carbonyl (C=O) groups excluding carboxylic acids is 1. The van der Waals surface area contributed by atoms with E-state index in [1.807, 2.05) is 27.7 Å². The van der Waals surface area contributed by atoms with Crippen LogP contribution in [-0.2, 0) is 28.5 Å². The van der Waals surface area contributed by atoms with Gasteiger partial charge < -0.3 is 43.8 Å². The van der Waals surface area contributed by atoms with Crippen LogP contribution < -0.4 is 34.7 Å². The quantitative estimate of drug-likeness (QED) is 0.412. The first-order chi connectivity index (χ1) is 15.3. The third-order valence-electron chi connectivity index (χ3n) is 8.49. The standard InChI is InChI=1S/C24H42O9.Na/c1-9-10(2)15(7)30-23(13(9)5)32-19-17(25)14(6)24(33-20(19)21(26)27)31-18-11(3)12(4)22(28)29-16(18)8;/h9-20,22-25,28H,1-8H3,(H,26,27);/q;+1/p-1/t9-,10?,11+,12?,13?,14?,15?,16?,17+,18+,19+,20?,22?,23?,24?;/m0./s1. The Balaban J connectivity index is 0.00000408. The summed E-state index contributed by atoms with van der Waals surface area (Å²) >= 11 is 0. The Hall–Kier alpha value is 0.190. The van der Waals surface area contributed by atoms with E-state index in [1.54, 1.807) is 13.8 Å². The number of carboxylic acid groups (broad SMARTS) is 1. The van der Waals surface area contributed by atoms with E-state index in [1.165, 1.54) is 0 Å². The molecule has 3 rings (SSSR count). The molecular weight excluding hydrogens is 455 g/mol. The molecule has 3 saturated heterocycles. The second-order valence-electron chi connectivity index (χ2n) is 10.5. The van der Waals surface area contributed by atoms with E-state index >= 15 is 0 Å². The van der Waals surface area contributed by atoms with E-state index < -0.39 is 61.3 Å². The summed E-state index contributed by atoms with van der Waals surface area (Å²) in [6.07, 6.45) is -7.40. The summed E-state index contributed by atoms with van der Waals surface area (Å²) in [5, 5.41) is 33.1. The van der Waals surface area contributed by atoms with Crippen LogP contribution in [0.1, 0.15) is 55.4 Å². The van der Waals surface area contributed by atoms with Crippen LogP contribution in [0.3, 0.4) is 0 Å². The molecule has 0 aromatic carbocycles. The molecule has 0 radical (unpaired) electrons. The van der Waals surface area contributed by atoms with Gasteiger partial charge in [-0.05, 0) is 31.6 Å². The van der Waals surface area contributed by atoms with Crippen molar-refractivity contribution in [3.63, 3.8) is 0 Å². The average molecular weight is 497 g/mol. The fourth-order valence-electron chi connectivity index (χ4n) is 5.20. The Morgan fingerprint density at radius 3 is 1.82 bits per heavy atom. The zero-order valence-electron chi connectivity index (χ0n) is 21.9. The van der Waals surface area contributed by atoms with Crippen LogP contribution >= 0.6 is 0 Å². The van der Waals surface area contributed by atoms with Gasteiger partial charge in [0.15, 0.2) is 18.9 Å². The Kier molecular flexibility index (Phi) is 10.9. The second kappa shape index (κ2) is 12.2. The summed E-state index contributed by atoms with van der Waals surface area (Å²) < 4.78 is 29.6. The molecule has 2 N–H and O–H groups in total. The number of carbonyl (C=O) groups is 1. The molecule has 3 heterocycles. The predicted molar refractivity (Wildman–Crippen MR) is 115 cm³/mol. The molecule has 0 spiro atoms. The Morgan fingerprint density at radius 2 is 1.24 bits per heavy atom. The van der Waals surface area contributed by atoms with Crippen LogP contribution in [0.5, 0.6) is 0 Å². The van der Waals surface area contributed by atoms with Crippen molar-refractivity contribution in [3.05, 3.63) is 0 Å². The maximum absolute atomic E-state index is 12.0. The van der Waals surface area contributed by atoms with Gasteiger partial charge in [0.05, 0.1) is 30.4 Å². The van der Waals surface area contributed by atoms with Crippen LogP contribution in [0.15, 0.2) is 0 Å². The minimum atomic E-state index is -1.53. The number of ether oxygens (including phenoxy) is 5. The van der Waals surface area contributed by atoms with Crippen molar-refractivity contribution in [3.8, 4) is 0 Å². The van der Waals surface area contributed by atoms with Crippen LogP contribution in [0, 0.1) is 35.5 Å². The van der Waals surface area contributed by atoms with Gasteiger partial charge in [0, 0.05) is 17.8 Å². The molecule has 0 bridgehead atoms. The van der Waals surface area contributed by atoms with Gasteiger partial charge in [-0.25, -0.2) is 0 Å². The topological polar surface area (TPSA) is 127 Å². The Bertz CT molecular complexity index is 681. The van der Waals surface area contributed by atoms with Crippen molar-refractivity contribution in [1.82, 2.24) is 0 Å². The summed E-state index contributed by atoms with van der Waals surface area (Å²) in [7, 11) is 0. The van der Waals surface area contributed by atoms with Crippen LogP contribution in [0.4, 0.5) is 0 Å². The van der Waals surface area contributed by atoms with E-state index in [0.29, 0.717) is 11.8 Å². The molecule has 9 nitrogen and oxygen atoms in total. The summed E-state index contributed by atoms with van der Waals surface area (Å²) in [6.45, 7) is 15.5. The largest absolute Gasteiger partial charge is 1.00 e. The molecule has 0 saturated carbocycles. The molecule has 10 heteroatoms. The van der Waals surface area contributed by atoms with E-state index in [-0.39, 0.29) is 53.4 Å². The van der Waals surface area contributed by atoms with Crippen LogP contribution in [0.2, 0.25) is 0 Å². The van der Waals surface area contributed by atoms with Crippen LogP contribution in [-0.4, -0.2) is 71.7 Å². The molecule has 3 aliphatic heterocycles. The minimum Gasteiger partial charge on any atom is -0.547 e. The molecule has 3 fully saturated rings. The van der Waals surface area contributed by atoms with Crippen molar-refractivity contribution in [2.45, 2.75) is 111 Å². The third kappa shape index (κ3) is 6.01. The molecule has 0 aliphatic carbocycles. The predicted octanol–water partition coefficient (Wildman–Crippen LogP) is -2.10. The molecule has 192 valence electrons. The maximum atomic E-state index is 12.0. The number of hydrogen-bond donors (Lipinski definition) is 2. The molecule has 0 aromatic heterocycles. The summed E-state index contributed by atoms with van der Waals surface area (Å²) in [6, 6.07) is 0. The van der Waals surface area contributed by atoms with E-state index in [9.17, 15) is 20.1 Å². The first kappa shape index (κ1) is 30.4. The van der Waals surface area contributed by atoms with Crippen molar-refractivity contribution >= 4 is 5.97 Å². The molecule has 34 heavy (non-hydrogen) atoms. The zero-order chi connectivity index (χ0) is 24.8. The molecule has 0 amide bonds. The van der Waals surface area contributed by atoms with Gasteiger partial charge >= 0.3 is 29.6 Å². The van der Waals surface area contributed by atoms with E-state index in [4.69, 9.17) is 23.7 Å². The number of hydrogen-bond acceptors (Lipinski definition) is 9. The number of carboxylic acids is 1. The van der Waals surface area contributed by atoms with Crippen molar-refractivity contribution in [2.24, 2.45) is 35.5 Å². The smallest absolute Gasteiger partial charge is 0.547 e. The summed E-state index contributed by atoms with van der Waals surface area (Å²) in [4.78, 5) is 12.0. The summed E-state index contributed by atoms with van der Waals surface area (Å²) in [5.74, 6) is -1.70. The second-order valence-corrected chi connectivity index (χ2v) is 10.5. The normalized spacial score (nSPS) is 52.0. The first-order valence-corrected chi connectivity index (χ1v) is 12.2. The van der Waals surface area contributed by atoms with Gasteiger partial charge in [-0.15, -0.1) is 0 Å². The van der Waals surface area contributed by atoms with E-state index in [0.717, 1.165) is 0 Å². The molecule has 10 unspecified atom stereocenters. The third-order valence-corrected chi connectivity index (χ3v) is 8.49. The zero-order valence-corrected chi connectivity index (χ0v) is 23.9. The fourth-order valence-corrected chi connectivity index (χ4v) is 5.20. The monoisotopic (exact) mass is 496 g/mol. The van der Waals surface area contributed by atoms with Crippen molar-refractivity contribution < 1.29 is 73.4 Å². The summed E-state index contributed by atoms with van der Waals surface area (Å²) in [5.41, 5.74) is 0. The van der Waals surface area contributed by atoms with Gasteiger partial charge in [0.25, 0.3) is 0 Å². The van der Waals surface area contributed by atoms with Gasteiger partial charge in [0.1, 0.15) is 12.2 Å². The molecule has 15 atom stereocenters. The van der Waals surface area contributed by atoms with Crippen molar-refractivity contribution in [2.75, 3.05) is 0 Å². The first-order valence-electron chi connectivity index (χ1n) is 12.2. The van der Waals surface area contributed by atoms with Gasteiger partial charge in [-0.2, -0.15) is 0 Å². The average Bonchev–Trinajstić information content (AvgIpc) is 2.76. The Morgan fingerprint density at radius 1 is 0.676 bits per heavy atom. The Labute approximate surface area is 225 Å². The number of aliphatic hydroxyl groups excluding tert-OH is 2. The van der Waals surface area contributed by atoms with Crippen LogP contribution in [0.25, 0.3) is 0 Å². The minimum absolute atomic E-state index is 0. The van der Waals surface area contributed by atoms with Gasteiger partial charge in [0.2, 0.25) is 0 Å². The molecular formula is C24H41NaO9. The number of rotatable bonds is 5. The maximum Gasteiger partial charge on any atom is 1.00 e. The van der Waals surface area contributed by atoms with Gasteiger partial charge in [-0.1, -0.05) is 41.5 Å². The fraction of sp³-hybridized carbons (Fsp3) is 0.958.